The number of nitrogens with one attached hydrogen (secondary N) is 1. The number of ether oxygens (including phenoxy) is 1. The number of nitrogens with zero attached hydrogens (tertiary/aromatic N) is 4. The van der Waals surface area contributed by atoms with E-state index < -0.39 is 81.4 Å². The lowest BCUT2D eigenvalue weighted by molar-refractivity contribution is -0.170. The topological polar surface area (TPSA) is 250 Å². The molecule has 0 aromatic rings. The molecule has 2 aliphatic rings. The summed E-state index contributed by atoms with van der Waals surface area (Å²) >= 11 is 1.59. The van der Waals surface area contributed by atoms with Crippen LogP contribution in [0.5, 0.6) is 0 Å². The Bertz CT molecular complexity index is 1150. The second kappa shape index (κ2) is 16.9. The normalized spacial score (nSPS) is 25.6. The van der Waals surface area contributed by atoms with Crippen LogP contribution in [-0.4, -0.2) is 123 Å². The zero-order chi connectivity index (χ0) is 34.1. The lowest BCUT2D eigenvalue weighted by Gasteiger charge is -2.36. The van der Waals surface area contributed by atoms with Crippen molar-refractivity contribution in [3.63, 3.8) is 0 Å². The van der Waals surface area contributed by atoms with Crippen LogP contribution in [0.25, 0.3) is 10.4 Å². The van der Waals surface area contributed by atoms with Crippen LogP contribution in [0.15, 0.2) is 17.4 Å². The summed E-state index contributed by atoms with van der Waals surface area (Å²) in [5.41, 5.74) is 4.64. The fourth-order valence-electron chi connectivity index (χ4n) is 3.59. The highest BCUT2D eigenvalue weighted by molar-refractivity contribution is 8.14. The van der Waals surface area contributed by atoms with Crippen LogP contribution in [0.1, 0.15) is 27.7 Å². The predicted molar refractivity (Wildman–Crippen MR) is 160 cm³/mol. The van der Waals surface area contributed by atoms with Crippen LogP contribution < -0.4 is 5.32 Å². The van der Waals surface area contributed by atoms with Gasteiger partial charge in [-0.25, -0.2) is 8.96 Å². The summed E-state index contributed by atoms with van der Waals surface area (Å²) in [6.07, 6.45) is -5.78. The van der Waals surface area contributed by atoms with Crippen LogP contribution in [0, 0.1) is 10.8 Å². The second-order valence-corrected chi connectivity index (χ2v) is 15.0. The molecule has 21 heteroatoms. The zero-order valence-corrected chi connectivity index (χ0v) is 27.6. The predicted octanol–water partition coefficient (Wildman–Crippen LogP) is 1.03. The monoisotopic (exact) mass is 703 g/mol. The standard InChI is InChI=1S/C24H39FN5O12PS2/c1-22(2,12-31)19(35)44-9-7-39-43(38,40-8-10-45-20(36)23(3,4)13-32)41-14-24(11-27-29-26)17(34)16(25)18(42-24)30-6-5-15(33)28-21(30)37/h5-6,16-18,21,31-32,34,37H,7-14H2,1-4H3,(H,28,33)/t16-,17+,18-,21?,24-/m1/s1. The summed E-state index contributed by atoms with van der Waals surface area (Å²) < 4.78 is 50.9. The van der Waals surface area contributed by atoms with Gasteiger partial charge in [0.2, 0.25) is 12.3 Å². The summed E-state index contributed by atoms with van der Waals surface area (Å²) in [5.74, 6) is -0.759. The van der Waals surface area contributed by atoms with E-state index in [1.807, 2.05) is 0 Å². The van der Waals surface area contributed by atoms with Crippen molar-refractivity contribution in [3.8, 4) is 0 Å². The van der Waals surface area contributed by atoms with Gasteiger partial charge >= 0.3 is 7.82 Å². The van der Waals surface area contributed by atoms with E-state index in [0.717, 1.165) is 40.7 Å². The Morgan fingerprint density at radius 3 is 2.13 bits per heavy atom. The summed E-state index contributed by atoms with van der Waals surface area (Å²) in [5, 5.41) is 44.6. The van der Waals surface area contributed by atoms with Crippen LogP contribution in [0.3, 0.4) is 0 Å². The molecule has 1 amide bonds. The molecule has 5 N–H and O–H groups in total. The van der Waals surface area contributed by atoms with Gasteiger partial charge in [-0.1, -0.05) is 28.6 Å². The Morgan fingerprint density at radius 2 is 1.67 bits per heavy atom. The molecule has 0 aliphatic carbocycles. The average molecular weight is 704 g/mol. The number of azide groups is 1. The SMILES string of the molecule is CC(C)(CO)C(=O)SCCOP(=O)(OCCSC(=O)C(C)(C)CO)OC[C@@]1(CN=[N+]=[N-])O[C@@H](N2C=CC(=O)NC2O)[C@H](F)[C@@H]1O. The summed E-state index contributed by atoms with van der Waals surface area (Å²) in [6, 6.07) is 0. The van der Waals surface area contributed by atoms with Gasteiger partial charge in [-0.2, -0.15) is 0 Å². The second-order valence-electron chi connectivity index (χ2n) is 11.2. The molecule has 1 unspecified atom stereocenters. The van der Waals surface area contributed by atoms with E-state index >= 15 is 4.39 Å². The first-order valence-corrected chi connectivity index (χ1v) is 17.0. The number of hydrogen-bond acceptors (Lipinski definition) is 16. The van der Waals surface area contributed by atoms with Crippen molar-refractivity contribution in [1.29, 1.82) is 0 Å². The maximum Gasteiger partial charge on any atom is 0.474 e. The zero-order valence-electron chi connectivity index (χ0n) is 25.1. The van der Waals surface area contributed by atoms with Crippen molar-refractivity contribution in [2.45, 2.75) is 58.2 Å². The van der Waals surface area contributed by atoms with Gasteiger partial charge in [-0.05, 0) is 33.2 Å². The minimum absolute atomic E-state index is 0.0422. The third-order valence-electron chi connectivity index (χ3n) is 6.61. The minimum Gasteiger partial charge on any atom is -0.395 e. The van der Waals surface area contributed by atoms with E-state index in [1.54, 1.807) is 0 Å². The Labute approximate surface area is 267 Å². The molecule has 2 heterocycles. The van der Waals surface area contributed by atoms with E-state index in [2.05, 4.69) is 15.3 Å². The molecule has 0 saturated carbocycles. The highest BCUT2D eigenvalue weighted by Crippen LogP contribution is 2.51. The van der Waals surface area contributed by atoms with E-state index in [1.165, 1.54) is 27.7 Å². The molecule has 0 bridgehead atoms. The van der Waals surface area contributed by atoms with E-state index in [9.17, 15) is 39.4 Å². The molecular formula is C24H39FN5O12PS2. The Balaban J connectivity index is 2.21. The Hall–Kier alpha value is -1.80. The smallest absolute Gasteiger partial charge is 0.395 e. The van der Waals surface area contributed by atoms with Crippen LogP contribution in [-0.2, 0) is 37.3 Å². The maximum atomic E-state index is 15.4. The molecule has 5 atom stereocenters. The number of carbonyl (C=O) groups excluding carboxylic acids is 3. The first-order chi connectivity index (χ1) is 21.0. The first kappa shape index (κ1) is 39.4. The van der Waals surface area contributed by atoms with E-state index in [-0.39, 0.29) is 35.0 Å². The van der Waals surface area contributed by atoms with Crippen LogP contribution in [0.4, 0.5) is 4.39 Å². The number of phosphoric ester groups is 1. The number of carbonyl (C=O) groups is 3. The molecule has 0 aromatic carbocycles. The molecule has 1 fully saturated rings. The van der Waals surface area contributed by atoms with Gasteiger partial charge in [0.25, 0.3) is 0 Å². The van der Waals surface area contributed by atoms with Gasteiger partial charge in [0.1, 0.15) is 11.7 Å². The number of phosphoric acid groups is 1. The highest BCUT2D eigenvalue weighted by Gasteiger charge is 2.58. The number of thioether (sulfide) groups is 2. The number of halogens is 1. The molecule has 45 heavy (non-hydrogen) atoms. The molecule has 0 spiro atoms. The van der Waals surface area contributed by atoms with Gasteiger partial charge in [0, 0.05) is 28.7 Å². The van der Waals surface area contributed by atoms with Gasteiger partial charge in [0.05, 0.1) is 50.4 Å². The summed E-state index contributed by atoms with van der Waals surface area (Å²) in [6.45, 7) is 2.92. The molecule has 1 saturated heterocycles. The molecule has 2 rings (SSSR count). The van der Waals surface area contributed by atoms with Gasteiger partial charge in [-0.3, -0.25) is 28.0 Å². The van der Waals surface area contributed by atoms with Crippen molar-refractivity contribution in [3.05, 3.63) is 22.7 Å². The molecule has 0 aromatic heterocycles. The number of aliphatic hydroxyl groups excluding tert-OH is 4. The average Bonchev–Trinajstić information content (AvgIpc) is 3.24. The third kappa shape index (κ3) is 10.6. The Morgan fingerprint density at radius 1 is 1.13 bits per heavy atom. The summed E-state index contributed by atoms with van der Waals surface area (Å²) in [7, 11) is -4.61. The van der Waals surface area contributed by atoms with Crippen molar-refractivity contribution in [2.75, 3.05) is 51.1 Å². The molecular weight excluding hydrogens is 664 g/mol. The number of alkyl halides is 1. The van der Waals surface area contributed by atoms with E-state index in [0.29, 0.717) is 0 Å². The van der Waals surface area contributed by atoms with Crippen molar-refractivity contribution in [2.24, 2.45) is 15.9 Å². The minimum atomic E-state index is -4.61. The fourth-order valence-corrected chi connectivity index (χ4v) is 6.68. The molecule has 256 valence electrons. The largest absolute Gasteiger partial charge is 0.474 e. The number of amides is 1. The maximum absolute atomic E-state index is 15.4. The van der Waals surface area contributed by atoms with Crippen LogP contribution in [0.2, 0.25) is 0 Å². The summed E-state index contributed by atoms with van der Waals surface area (Å²) in [4.78, 5) is 39.6. The number of hydrogen-bond donors (Lipinski definition) is 5. The number of rotatable bonds is 18. The quantitative estimate of drug-likeness (QED) is 0.0440. The van der Waals surface area contributed by atoms with Crippen molar-refractivity contribution >= 4 is 47.5 Å². The lowest BCUT2D eigenvalue weighted by atomic mass is 9.97. The highest BCUT2D eigenvalue weighted by atomic mass is 32.2. The molecule has 17 nitrogen and oxygen atoms in total. The van der Waals surface area contributed by atoms with Crippen LogP contribution >= 0.6 is 31.3 Å². The van der Waals surface area contributed by atoms with Gasteiger partial charge < -0.3 is 35.4 Å². The van der Waals surface area contributed by atoms with Crippen molar-refractivity contribution in [1.82, 2.24) is 10.2 Å². The first-order valence-electron chi connectivity index (χ1n) is 13.5. The Kier molecular flexibility index (Phi) is 14.7. The molecule has 2 aliphatic heterocycles. The van der Waals surface area contributed by atoms with Gasteiger partial charge in [0.15, 0.2) is 22.6 Å². The van der Waals surface area contributed by atoms with Crippen molar-refractivity contribution < 1.29 is 62.1 Å². The molecule has 0 radical (unpaired) electrons. The fraction of sp³-hybridized carbons (Fsp3) is 0.792. The van der Waals surface area contributed by atoms with E-state index in [4.69, 9.17) is 23.8 Å². The number of aliphatic hydroxyl groups is 4. The third-order valence-corrected chi connectivity index (χ3v) is 10.4. The lowest BCUT2D eigenvalue weighted by Crippen LogP contribution is -2.54. The van der Waals surface area contributed by atoms with Gasteiger partial charge in [-0.15, -0.1) is 0 Å².